The summed E-state index contributed by atoms with van der Waals surface area (Å²) in [6, 6.07) is 11.9. The van der Waals surface area contributed by atoms with Gasteiger partial charge in [-0.15, -0.1) is 0 Å². The molecule has 17 heavy (non-hydrogen) atoms. The van der Waals surface area contributed by atoms with Crippen molar-refractivity contribution in [3.8, 4) is 17.7 Å². The molecular formula is C12H6Cl2N2O. The zero-order valence-corrected chi connectivity index (χ0v) is 10.0. The lowest BCUT2D eigenvalue weighted by Crippen LogP contribution is -1.90. The van der Waals surface area contributed by atoms with Crippen molar-refractivity contribution in [2.24, 2.45) is 0 Å². The maximum atomic E-state index is 8.79. The van der Waals surface area contributed by atoms with E-state index in [9.17, 15) is 0 Å². The quantitative estimate of drug-likeness (QED) is 0.769. The van der Waals surface area contributed by atoms with Crippen molar-refractivity contribution in [1.29, 1.82) is 5.26 Å². The van der Waals surface area contributed by atoms with Gasteiger partial charge < -0.3 is 4.74 Å². The largest absolute Gasteiger partial charge is 0.437 e. The van der Waals surface area contributed by atoms with E-state index >= 15 is 0 Å². The number of aromatic nitrogens is 1. The summed E-state index contributed by atoms with van der Waals surface area (Å²) in [5.41, 5.74) is 0.382. The number of halogens is 2. The molecule has 0 aliphatic carbocycles. The van der Waals surface area contributed by atoms with Crippen LogP contribution in [0.4, 0.5) is 0 Å². The third kappa shape index (κ3) is 2.88. The van der Waals surface area contributed by atoms with E-state index < -0.39 is 0 Å². The van der Waals surface area contributed by atoms with Crippen LogP contribution in [0.5, 0.6) is 11.6 Å². The molecule has 0 saturated carbocycles. The minimum absolute atomic E-state index is 0.200. The maximum Gasteiger partial charge on any atom is 0.222 e. The lowest BCUT2D eigenvalue weighted by Gasteiger charge is -2.06. The van der Waals surface area contributed by atoms with Crippen molar-refractivity contribution in [1.82, 2.24) is 4.98 Å². The number of para-hydroxylation sites is 1. The highest BCUT2D eigenvalue weighted by molar-refractivity contribution is 6.32. The highest BCUT2D eigenvalue weighted by Gasteiger charge is 2.05. The van der Waals surface area contributed by atoms with Crippen LogP contribution < -0.4 is 4.74 Å². The van der Waals surface area contributed by atoms with Crippen LogP contribution in [0.3, 0.4) is 0 Å². The minimum Gasteiger partial charge on any atom is -0.437 e. The van der Waals surface area contributed by atoms with Crippen LogP contribution >= 0.6 is 23.2 Å². The van der Waals surface area contributed by atoms with E-state index in [0.717, 1.165) is 0 Å². The predicted molar refractivity (Wildman–Crippen MR) is 65.5 cm³/mol. The van der Waals surface area contributed by atoms with Crippen molar-refractivity contribution < 1.29 is 4.74 Å². The number of hydrogen-bond acceptors (Lipinski definition) is 3. The Balaban J connectivity index is 2.34. The Labute approximate surface area is 108 Å². The Morgan fingerprint density at radius 3 is 2.65 bits per heavy atom. The predicted octanol–water partition coefficient (Wildman–Crippen LogP) is 4.05. The van der Waals surface area contributed by atoms with Crippen molar-refractivity contribution in [2.45, 2.75) is 0 Å². The van der Waals surface area contributed by atoms with E-state index in [1.165, 1.54) is 12.1 Å². The third-order valence-corrected chi connectivity index (χ3v) is 2.46. The van der Waals surface area contributed by atoms with Crippen LogP contribution in [-0.4, -0.2) is 4.98 Å². The molecule has 3 nitrogen and oxygen atoms in total. The SMILES string of the molecule is N#Cc1cc(Cl)nc(Oc2ccccc2Cl)c1. The fraction of sp³-hybridized carbons (Fsp3) is 0. The maximum absolute atomic E-state index is 8.79. The van der Waals surface area contributed by atoms with E-state index in [1.807, 2.05) is 6.07 Å². The first kappa shape index (κ1) is 11.7. The third-order valence-electron chi connectivity index (χ3n) is 1.95. The van der Waals surface area contributed by atoms with Crippen molar-refractivity contribution >= 4 is 23.2 Å². The first-order valence-corrected chi connectivity index (χ1v) is 5.45. The van der Waals surface area contributed by atoms with Crippen molar-refractivity contribution in [2.75, 3.05) is 0 Å². The summed E-state index contributed by atoms with van der Waals surface area (Å²) in [5, 5.41) is 9.45. The Hall–Kier alpha value is -1.76. The smallest absolute Gasteiger partial charge is 0.222 e. The number of ether oxygens (including phenoxy) is 1. The molecule has 2 rings (SSSR count). The fourth-order valence-electron chi connectivity index (χ4n) is 1.23. The molecule has 5 heteroatoms. The highest BCUT2D eigenvalue weighted by atomic mass is 35.5. The van der Waals surface area contributed by atoms with Gasteiger partial charge in [0.2, 0.25) is 5.88 Å². The molecule has 2 aromatic rings. The summed E-state index contributed by atoms with van der Waals surface area (Å²) in [6.45, 7) is 0. The summed E-state index contributed by atoms with van der Waals surface area (Å²) in [5.74, 6) is 0.704. The van der Waals surface area contributed by atoms with Crippen LogP contribution in [-0.2, 0) is 0 Å². The van der Waals surface area contributed by atoms with E-state index in [2.05, 4.69) is 4.98 Å². The van der Waals surface area contributed by atoms with Crippen molar-refractivity contribution in [3.63, 3.8) is 0 Å². The Morgan fingerprint density at radius 1 is 1.18 bits per heavy atom. The monoisotopic (exact) mass is 264 g/mol. The van der Waals surface area contributed by atoms with Gasteiger partial charge in [0, 0.05) is 6.07 Å². The molecular weight excluding hydrogens is 259 g/mol. The second kappa shape index (κ2) is 5.05. The first-order chi connectivity index (χ1) is 8.19. The Bertz CT molecular complexity index is 593. The molecule has 1 aromatic heterocycles. The molecule has 1 aromatic carbocycles. The van der Waals surface area contributed by atoms with Gasteiger partial charge in [-0.1, -0.05) is 35.3 Å². The Kier molecular flexibility index (Phi) is 3.48. The van der Waals surface area contributed by atoms with Gasteiger partial charge >= 0.3 is 0 Å². The number of hydrogen-bond donors (Lipinski definition) is 0. The second-order valence-electron chi connectivity index (χ2n) is 3.16. The standard InChI is InChI=1S/C12H6Cl2N2O/c13-9-3-1-2-4-10(9)17-12-6-8(7-15)5-11(14)16-12/h1-6H. The number of rotatable bonds is 2. The van der Waals surface area contributed by atoms with Gasteiger partial charge in [-0.2, -0.15) is 5.26 Å². The van der Waals surface area contributed by atoms with Gasteiger partial charge in [-0.25, -0.2) is 4.98 Å². The van der Waals surface area contributed by atoms with Crippen LogP contribution in [0, 0.1) is 11.3 Å². The second-order valence-corrected chi connectivity index (χ2v) is 3.96. The molecule has 0 amide bonds. The van der Waals surface area contributed by atoms with Crippen molar-refractivity contribution in [3.05, 3.63) is 52.1 Å². The molecule has 84 valence electrons. The molecule has 0 atom stereocenters. The minimum atomic E-state index is 0.200. The number of nitrogens with zero attached hydrogens (tertiary/aromatic N) is 2. The molecule has 0 bridgehead atoms. The molecule has 0 fully saturated rings. The summed E-state index contributed by atoms with van der Waals surface area (Å²) in [6.07, 6.45) is 0. The zero-order chi connectivity index (χ0) is 12.3. The molecule has 0 aliphatic rings. The summed E-state index contributed by atoms with van der Waals surface area (Å²) >= 11 is 11.7. The van der Waals surface area contributed by atoms with Crippen LogP contribution in [0.15, 0.2) is 36.4 Å². The average molecular weight is 265 g/mol. The first-order valence-electron chi connectivity index (χ1n) is 4.69. The van der Waals surface area contributed by atoms with Gasteiger partial charge in [0.25, 0.3) is 0 Å². The van der Waals surface area contributed by atoms with Gasteiger partial charge in [-0.05, 0) is 18.2 Å². The fourth-order valence-corrected chi connectivity index (χ4v) is 1.60. The van der Waals surface area contributed by atoms with E-state index in [0.29, 0.717) is 16.3 Å². The molecule has 0 N–H and O–H groups in total. The Morgan fingerprint density at radius 2 is 1.94 bits per heavy atom. The normalized spacial score (nSPS) is 9.71. The van der Waals surface area contributed by atoms with Gasteiger partial charge in [0.05, 0.1) is 16.7 Å². The van der Waals surface area contributed by atoms with E-state index in [1.54, 1.807) is 24.3 Å². The van der Waals surface area contributed by atoms with Crippen LogP contribution in [0.2, 0.25) is 10.2 Å². The van der Waals surface area contributed by atoms with E-state index in [4.69, 9.17) is 33.2 Å². The number of nitriles is 1. The lowest BCUT2D eigenvalue weighted by molar-refractivity contribution is 0.463. The van der Waals surface area contributed by atoms with Crippen LogP contribution in [0.1, 0.15) is 5.56 Å². The molecule has 0 spiro atoms. The summed E-state index contributed by atoms with van der Waals surface area (Å²) < 4.78 is 5.45. The highest BCUT2D eigenvalue weighted by Crippen LogP contribution is 2.28. The molecule has 1 heterocycles. The topological polar surface area (TPSA) is 45.9 Å². The average Bonchev–Trinajstić information content (AvgIpc) is 2.31. The molecule has 0 radical (unpaired) electrons. The van der Waals surface area contributed by atoms with E-state index in [-0.39, 0.29) is 11.0 Å². The zero-order valence-electron chi connectivity index (χ0n) is 8.52. The summed E-state index contributed by atoms with van der Waals surface area (Å²) in [4.78, 5) is 3.95. The van der Waals surface area contributed by atoms with Gasteiger partial charge in [0.1, 0.15) is 10.9 Å². The van der Waals surface area contributed by atoms with Gasteiger partial charge in [0.15, 0.2) is 0 Å². The molecule has 0 saturated heterocycles. The lowest BCUT2D eigenvalue weighted by atomic mass is 10.3. The summed E-state index contributed by atoms with van der Waals surface area (Å²) in [7, 11) is 0. The number of pyridine rings is 1. The number of benzene rings is 1. The van der Waals surface area contributed by atoms with Gasteiger partial charge in [-0.3, -0.25) is 0 Å². The van der Waals surface area contributed by atoms with Crippen LogP contribution in [0.25, 0.3) is 0 Å². The molecule has 0 aliphatic heterocycles. The molecule has 0 unspecified atom stereocenters.